The number of nitrogens with zero attached hydrogens (tertiary/aromatic N) is 1. The maximum Gasteiger partial charge on any atom is 0.262 e. The van der Waals surface area contributed by atoms with Gasteiger partial charge in [-0.3, -0.25) is 9.59 Å². The molecule has 0 atom stereocenters. The molecule has 1 fully saturated rings. The molecule has 0 saturated carbocycles. The van der Waals surface area contributed by atoms with Crippen molar-refractivity contribution in [2.45, 2.75) is 32.6 Å². The Kier molecular flexibility index (Phi) is 6.73. The largest absolute Gasteiger partial charge is 0.483 e. The molecule has 0 aromatic heterocycles. The minimum atomic E-state index is -0.240. The fourth-order valence-corrected chi connectivity index (χ4v) is 3.62. The molecule has 1 aliphatic rings. The molecule has 148 valence electrons. The maximum atomic E-state index is 12.4. The second-order valence-corrected chi connectivity index (χ2v) is 8.17. The molecular weight excluding hydrogens is 420 g/mol. The molecule has 0 aliphatic carbocycles. The van der Waals surface area contributed by atoms with Crippen LogP contribution in [0.5, 0.6) is 5.75 Å². The standard InChI is InChI=1S/C22H25BrN2O3/c1-15(2)19-13-17(23)7-10-20(19)28-14-21(26)24-18-8-5-16(6-9-18)22(27)25-11-3-4-12-25/h5-10,13,15H,3-4,11-12,14H2,1-2H3,(H,24,26). The van der Waals surface area contributed by atoms with Crippen LogP contribution in [0.15, 0.2) is 46.9 Å². The number of rotatable bonds is 6. The SMILES string of the molecule is CC(C)c1cc(Br)ccc1OCC(=O)Nc1ccc(C(=O)N2CCCC2)cc1. The summed E-state index contributed by atoms with van der Waals surface area (Å²) in [5.41, 5.74) is 2.34. The Morgan fingerprint density at radius 1 is 1.11 bits per heavy atom. The lowest BCUT2D eigenvalue weighted by Crippen LogP contribution is -2.27. The number of hydrogen-bond donors (Lipinski definition) is 1. The molecule has 6 heteroatoms. The van der Waals surface area contributed by atoms with Crippen LogP contribution in [0.2, 0.25) is 0 Å². The van der Waals surface area contributed by atoms with E-state index in [0.717, 1.165) is 36.0 Å². The smallest absolute Gasteiger partial charge is 0.262 e. The molecule has 0 unspecified atom stereocenters. The van der Waals surface area contributed by atoms with Crippen molar-refractivity contribution in [1.29, 1.82) is 0 Å². The summed E-state index contributed by atoms with van der Waals surface area (Å²) in [5, 5.41) is 2.81. The van der Waals surface area contributed by atoms with Crippen LogP contribution in [0.3, 0.4) is 0 Å². The summed E-state index contributed by atoms with van der Waals surface area (Å²) in [7, 11) is 0. The number of benzene rings is 2. The highest BCUT2D eigenvalue weighted by Gasteiger charge is 2.19. The molecule has 5 nitrogen and oxygen atoms in total. The van der Waals surface area contributed by atoms with Gasteiger partial charge in [-0.05, 0) is 66.8 Å². The van der Waals surface area contributed by atoms with Crippen LogP contribution in [0.25, 0.3) is 0 Å². The quantitative estimate of drug-likeness (QED) is 0.693. The van der Waals surface area contributed by atoms with Crippen LogP contribution in [-0.4, -0.2) is 36.4 Å². The van der Waals surface area contributed by atoms with E-state index in [2.05, 4.69) is 35.1 Å². The number of amides is 2. The molecule has 3 rings (SSSR count). The first-order valence-electron chi connectivity index (χ1n) is 9.55. The van der Waals surface area contributed by atoms with E-state index in [-0.39, 0.29) is 24.3 Å². The lowest BCUT2D eigenvalue weighted by Gasteiger charge is -2.16. The lowest BCUT2D eigenvalue weighted by molar-refractivity contribution is -0.118. The molecule has 2 amide bonds. The van der Waals surface area contributed by atoms with E-state index in [1.165, 1.54) is 0 Å². The Hall–Kier alpha value is -2.34. The van der Waals surface area contributed by atoms with Crippen molar-refractivity contribution in [3.63, 3.8) is 0 Å². The number of nitrogens with one attached hydrogen (secondary N) is 1. The zero-order chi connectivity index (χ0) is 20.1. The highest BCUT2D eigenvalue weighted by Crippen LogP contribution is 2.29. The monoisotopic (exact) mass is 444 g/mol. The number of anilines is 1. The average molecular weight is 445 g/mol. The normalized spacial score (nSPS) is 13.6. The van der Waals surface area contributed by atoms with Gasteiger partial charge in [-0.1, -0.05) is 29.8 Å². The van der Waals surface area contributed by atoms with Gasteiger partial charge in [0, 0.05) is 28.8 Å². The van der Waals surface area contributed by atoms with Crippen LogP contribution in [-0.2, 0) is 4.79 Å². The summed E-state index contributed by atoms with van der Waals surface area (Å²) in [5.74, 6) is 0.808. The van der Waals surface area contributed by atoms with Gasteiger partial charge in [-0.2, -0.15) is 0 Å². The summed E-state index contributed by atoms with van der Waals surface area (Å²) >= 11 is 3.46. The van der Waals surface area contributed by atoms with Gasteiger partial charge in [0.1, 0.15) is 5.75 Å². The summed E-state index contributed by atoms with van der Waals surface area (Å²) in [4.78, 5) is 26.5. The summed E-state index contributed by atoms with van der Waals surface area (Å²) in [6, 6.07) is 12.8. The van der Waals surface area contributed by atoms with Crippen LogP contribution in [0, 0.1) is 0 Å². The molecule has 2 aromatic carbocycles. The first kappa shape index (κ1) is 20.4. The molecule has 2 aromatic rings. The third kappa shape index (κ3) is 5.13. The van der Waals surface area contributed by atoms with Gasteiger partial charge in [0.25, 0.3) is 11.8 Å². The number of likely N-dealkylation sites (tertiary alicyclic amines) is 1. The minimum absolute atomic E-state index is 0.0511. The third-order valence-electron chi connectivity index (χ3n) is 4.76. The molecule has 1 heterocycles. The predicted molar refractivity (Wildman–Crippen MR) is 114 cm³/mol. The fraction of sp³-hybridized carbons (Fsp3) is 0.364. The molecule has 28 heavy (non-hydrogen) atoms. The van der Waals surface area contributed by atoms with Crippen LogP contribution in [0.4, 0.5) is 5.69 Å². The Balaban J connectivity index is 1.56. The van der Waals surface area contributed by atoms with Gasteiger partial charge in [-0.25, -0.2) is 0 Å². The van der Waals surface area contributed by atoms with Crippen molar-refractivity contribution in [2.24, 2.45) is 0 Å². The summed E-state index contributed by atoms with van der Waals surface area (Å²) < 4.78 is 6.71. The van der Waals surface area contributed by atoms with E-state index in [4.69, 9.17) is 4.74 Å². The molecule has 1 aliphatic heterocycles. The van der Waals surface area contributed by atoms with Crippen molar-refractivity contribution in [3.05, 3.63) is 58.1 Å². The van der Waals surface area contributed by atoms with E-state index in [1.807, 2.05) is 23.1 Å². The first-order valence-corrected chi connectivity index (χ1v) is 10.3. The molecule has 0 radical (unpaired) electrons. The van der Waals surface area contributed by atoms with Crippen molar-refractivity contribution < 1.29 is 14.3 Å². The Labute approximate surface area is 174 Å². The average Bonchev–Trinajstić information content (AvgIpc) is 3.21. The third-order valence-corrected chi connectivity index (χ3v) is 5.25. The highest BCUT2D eigenvalue weighted by atomic mass is 79.9. The van der Waals surface area contributed by atoms with Crippen LogP contribution < -0.4 is 10.1 Å². The Morgan fingerprint density at radius 2 is 1.79 bits per heavy atom. The minimum Gasteiger partial charge on any atom is -0.483 e. The Morgan fingerprint density at radius 3 is 2.43 bits per heavy atom. The number of carbonyl (C=O) groups is 2. The maximum absolute atomic E-state index is 12.4. The van der Waals surface area contributed by atoms with Crippen molar-refractivity contribution in [1.82, 2.24) is 4.90 Å². The van der Waals surface area contributed by atoms with Gasteiger partial charge in [0.2, 0.25) is 0 Å². The summed E-state index contributed by atoms with van der Waals surface area (Å²) in [6.45, 7) is 5.74. The predicted octanol–water partition coefficient (Wildman–Crippen LogP) is 4.83. The number of hydrogen-bond acceptors (Lipinski definition) is 3. The highest BCUT2D eigenvalue weighted by molar-refractivity contribution is 9.10. The van der Waals surface area contributed by atoms with Crippen molar-refractivity contribution >= 4 is 33.4 Å². The number of ether oxygens (including phenoxy) is 1. The van der Waals surface area contributed by atoms with E-state index < -0.39 is 0 Å². The van der Waals surface area contributed by atoms with Crippen molar-refractivity contribution in [3.8, 4) is 5.75 Å². The van der Waals surface area contributed by atoms with Gasteiger partial charge < -0.3 is 15.0 Å². The van der Waals surface area contributed by atoms with Crippen LogP contribution >= 0.6 is 15.9 Å². The zero-order valence-corrected chi connectivity index (χ0v) is 17.8. The number of halogens is 1. The molecule has 0 bridgehead atoms. The molecule has 1 N–H and O–H groups in total. The van der Waals surface area contributed by atoms with Gasteiger partial charge in [0.05, 0.1) is 0 Å². The van der Waals surface area contributed by atoms with Crippen molar-refractivity contribution in [2.75, 3.05) is 25.0 Å². The molecule has 0 spiro atoms. The second-order valence-electron chi connectivity index (χ2n) is 7.25. The lowest BCUT2D eigenvalue weighted by atomic mass is 10.0. The first-order chi connectivity index (χ1) is 13.4. The summed E-state index contributed by atoms with van der Waals surface area (Å²) in [6.07, 6.45) is 2.13. The van der Waals surface area contributed by atoms with Crippen LogP contribution in [0.1, 0.15) is 48.5 Å². The van der Waals surface area contributed by atoms with Gasteiger partial charge in [-0.15, -0.1) is 0 Å². The molecule has 1 saturated heterocycles. The topological polar surface area (TPSA) is 58.6 Å². The van der Waals surface area contributed by atoms with Gasteiger partial charge in [0.15, 0.2) is 6.61 Å². The second kappa shape index (κ2) is 9.24. The molecular formula is C22H25BrN2O3. The van der Waals surface area contributed by atoms with E-state index in [9.17, 15) is 9.59 Å². The van der Waals surface area contributed by atoms with E-state index >= 15 is 0 Å². The van der Waals surface area contributed by atoms with Gasteiger partial charge >= 0.3 is 0 Å². The van der Waals surface area contributed by atoms with E-state index in [1.54, 1.807) is 24.3 Å². The van der Waals surface area contributed by atoms with E-state index in [0.29, 0.717) is 17.0 Å². The fourth-order valence-electron chi connectivity index (χ4n) is 3.24. The zero-order valence-electron chi connectivity index (χ0n) is 16.2. The number of carbonyl (C=O) groups excluding carboxylic acids is 2. The Bertz CT molecular complexity index is 843.